The van der Waals surface area contributed by atoms with Crippen molar-refractivity contribution in [1.82, 2.24) is 16.0 Å². The van der Waals surface area contributed by atoms with Gasteiger partial charge in [-0.3, -0.25) is 14.4 Å². The first kappa shape index (κ1) is 52.1. The summed E-state index contributed by atoms with van der Waals surface area (Å²) in [5.74, 6) is -2.34. The zero-order valence-corrected chi connectivity index (χ0v) is 36.9. The molecule has 0 bridgehead atoms. The highest BCUT2D eigenvalue weighted by Gasteiger charge is 2.24. The van der Waals surface area contributed by atoms with Gasteiger partial charge < -0.3 is 21.1 Å². The number of carbonyl (C=O) groups is 4. The van der Waals surface area contributed by atoms with Crippen molar-refractivity contribution in [2.24, 2.45) is 0 Å². The van der Waals surface area contributed by atoms with Crippen molar-refractivity contribution in [1.29, 1.82) is 0 Å². The van der Waals surface area contributed by atoms with Gasteiger partial charge in [0, 0.05) is 19.5 Å². The minimum Gasteiger partial charge on any atom is -0.478 e. The van der Waals surface area contributed by atoms with Crippen LogP contribution in [-0.4, -0.2) is 47.9 Å². The fourth-order valence-corrected chi connectivity index (χ4v) is 7.65. The highest BCUT2D eigenvalue weighted by atomic mass is 16.4. The Kier molecular flexibility index (Phi) is 35.3. The Morgan fingerprint density at radius 3 is 1.18 bits per heavy atom. The standard InChI is InChI=1S/C49H87N3O5/c1-3-5-7-9-11-13-15-17-19-21-23-25-27-29-31-35-41-50-46(53)40-39-45(52-47(54)43-37-33-34-38-44(43)49(56)57)48(55)51-42-36-32-30-28-26-24-22-20-18-16-14-12-10-8-6-4-2/h33-34,37-38,45H,3-32,35-36,39-42H2,1-2H3,(H,50,53)(H,51,55)(H,52,54)(H,56,57)/t45-/m0/s1. The summed E-state index contributed by atoms with van der Waals surface area (Å²) in [6.07, 6.45) is 41.5. The molecule has 1 atom stereocenters. The Balaban J connectivity index is 2.28. The summed E-state index contributed by atoms with van der Waals surface area (Å²) in [5.41, 5.74) is -0.132. The van der Waals surface area contributed by atoms with E-state index < -0.39 is 17.9 Å². The predicted octanol–water partition coefficient (Wildman–Crippen LogP) is 13.0. The molecule has 0 saturated heterocycles. The molecule has 0 fully saturated rings. The maximum atomic E-state index is 13.3. The summed E-state index contributed by atoms with van der Waals surface area (Å²) in [4.78, 5) is 50.9. The lowest BCUT2D eigenvalue weighted by Crippen LogP contribution is -2.47. The number of nitrogens with one attached hydrogen (secondary N) is 3. The number of hydrogen-bond acceptors (Lipinski definition) is 4. The molecule has 8 heteroatoms. The number of amides is 3. The Bertz CT molecular complexity index is 1140. The topological polar surface area (TPSA) is 125 Å². The van der Waals surface area contributed by atoms with Crippen molar-refractivity contribution >= 4 is 23.7 Å². The first-order chi connectivity index (χ1) is 27.9. The van der Waals surface area contributed by atoms with Crippen molar-refractivity contribution in [2.45, 2.75) is 238 Å². The molecule has 4 N–H and O–H groups in total. The second kappa shape index (κ2) is 38.6. The molecule has 0 aliphatic carbocycles. The van der Waals surface area contributed by atoms with Gasteiger partial charge in [-0.05, 0) is 31.4 Å². The molecule has 0 aliphatic rings. The molecule has 328 valence electrons. The van der Waals surface area contributed by atoms with Gasteiger partial charge >= 0.3 is 5.97 Å². The van der Waals surface area contributed by atoms with Crippen LogP contribution in [0.3, 0.4) is 0 Å². The molecule has 0 unspecified atom stereocenters. The minimum atomic E-state index is -1.21. The van der Waals surface area contributed by atoms with Crippen molar-refractivity contribution in [3.63, 3.8) is 0 Å². The van der Waals surface area contributed by atoms with Crippen molar-refractivity contribution < 1.29 is 24.3 Å². The van der Waals surface area contributed by atoms with E-state index >= 15 is 0 Å². The van der Waals surface area contributed by atoms with Crippen LogP contribution in [0.4, 0.5) is 0 Å². The summed E-state index contributed by atoms with van der Waals surface area (Å²) < 4.78 is 0. The fraction of sp³-hybridized carbons (Fsp3) is 0.796. The first-order valence-corrected chi connectivity index (χ1v) is 24.1. The Morgan fingerprint density at radius 2 is 0.807 bits per heavy atom. The maximum Gasteiger partial charge on any atom is 0.336 e. The molecule has 0 radical (unpaired) electrons. The number of aromatic carboxylic acids is 1. The van der Waals surface area contributed by atoms with Gasteiger partial charge in [-0.15, -0.1) is 0 Å². The Hall–Kier alpha value is -2.90. The number of benzene rings is 1. The third kappa shape index (κ3) is 30.8. The number of hydrogen-bond donors (Lipinski definition) is 4. The molecule has 0 aliphatic heterocycles. The summed E-state index contributed by atoms with van der Waals surface area (Å²) in [6, 6.07) is 5.03. The molecule has 3 amide bonds. The quantitative estimate of drug-likeness (QED) is 0.0491. The van der Waals surface area contributed by atoms with Gasteiger partial charge in [0.2, 0.25) is 11.8 Å². The predicted molar refractivity (Wildman–Crippen MR) is 239 cm³/mol. The first-order valence-electron chi connectivity index (χ1n) is 24.1. The van der Waals surface area contributed by atoms with E-state index in [-0.39, 0.29) is 35.8 Å². The monoisotopic (exact) mass is 798 g/mol. The summed E-state index contributed by atoms with van der Waals surface area (Å²) in [7, 11) is 0. The lowest BCUT2D eigenvalue weighted by molar-refractivity contribution is -0.124. The summed E-state index contributed by atoms with van der Waals surface area (Å²) in [5, 5.41) is 18.2. The van der Waals surface area contributed by atoms with Crippen LogP contribution < -0.4 is 16.0 Å². The van der Waals surface area contributed by atoms with Crippen LogP contribution >= 0.6 is 0 Å². The van der Waals surface area contributed by atoms with E-state index in [2.05, 4.69) is 29.8 Å². The van der Waals surface area contributed by atoms with E-state index in [1.165, 1.54) is 185 Å². The van der Waals surface area contributed by atoms with Crippen LogP contribution in [0.2, 0.25) is 0 Å². The third-order valence-corrected chi connectivity index (χ3v) is 11.4. The van der Waals surface area contributed by atoms with Gasteiger partial charge in [0.1, 0.15) is 6.04 Å². The van der Waals surface area contributed by atoms with Gasteiger partial charge in [-0.2, -0.15) is 0 Å². The van der Waals surface area contributed by atoms with E-state index in [4.69, 9.17) is 0 Å². The minimum absolute atomic E-state index is 0.00597. The van der Waals surface area contributed by atoms with Crippen LogP contribution in [0, 0.1) is 0 Å². The van der Waals surface area contributed by atoms with Gasteiger partial charge in [-0.1, -0.05) is 219 Å². The Labute approximate surface area is 349 Å². The van der Waals surface area contributed by atoms with E-state index in [0.29, 0.717) is 13.1 Å². The van der Waals surface area contributed by atoms with Crippen molar-refractivity contribution in [3.05, 3.63) is 35.4 Å². The molecule has 1 aromatic carbocycles. The highest BCUT2D eigenvalue weighted by Crippen LogP contribution is 2.16. The van der Waals surface area contributed by atoms with Gasteiger partial charge in [0.05, 0.1) is 11.1 Å². The van der Waals surface area contributed by atoms with Crippen LogP contribution in [0.15, 0.2) is 24.3 Å². The SMILES string of the molecule is CCCCCCCCCCCCCCCCCCNC(=O)CC[C@H](NC(=O)c1ccccc1C(=O)O)C(=O)NCCCCCCCCCCCCCCCCCC. The van der Waals surface area contributed by atoms with Crippen molar-refractivity contribution in [2.75, 3.05) is 13.1 Å². The van der Waals surface area contributed by atoms with E-state index in [1.807, 2.05) is 0 Å². The largest absolute Gasteiger partial charge is 0.478 e. The molecule has 0 saturated carbocycles. The zero-order valence-electron chi connectivity index (χ0n) is 36.9. The lowest BCUT2D eigenvalue weighted by Gasteiger charge is -2.19. The molecule has 0 heterocycles. The average Bonchev–Trinajstić information content (AvgIpc) is 3.21. The van der Waals surface area contributed by atoms with E-state index in [0.717, 1.165) is 32.1 Å². The maximum absolute atomic E-state index is 13.3. The normalized spacial score (nSPS) is 11.7. The van der Waals surface area contributed by atoms with E-state index in [9.17, 15) is 24.3 Å². The number of rotatable bonds is 41. The molecular formula is C49H87N3O5. The lowest BCUT2D eigenvalue weighted by atomic mass is 10.0. The van der Waals surface area contributed by atoms with E-state index in [1.54, 1.807) is 12.1 Å². The zero-order chi connectivity index (χ0) is 41.4. The number of unbranched alkanes of at least 4 members (excludes halogenated alkanes) is 30. The van der Waals surface area contributed by atoms with Crippen LogP contribution in [-0.2, 0) is 9.59 Å². The number of carboxylic acid groups (broad SMARTS) is 1. The van der Waals surface area contributed by atoms with Crippen LogP contribution in [0.1, 0.15) is 253 Å². The number of carboxylic acids is 1. The molecule has 0 spiro atoms. The van der Waals surface area contributed by atoms with Gasteiger partial charge in [-0.25, -0.2) is 4.79 Å². The van der Waals surface area contributed by atoms with Crippen LogP contribution in [0.5, 0.6) is 0 Å². The number of carbonyl (C=O) groups excluding carboxylic acids is 3. The van der Waals surface area contributed by atoms with Gasteiger partial charge in [0.15, 0.2) is 0 Å². The fourth-order valence-electron chi connectivity index (χ4n) is 7.65. The molecule has 1 aromatic rings. The average molecular weight is 798 g/mol. The van der Waals surface area contributed by atoms with Crippen LogP contribution in [0.25, 0.3) is 0 Å². The molecule has 0 aromatic heterocycles. The smallest absolute Gasteiger partial charge is 0.336 e. The Morgan fingerprint density at radius 1 is 0.474 bits per heavy atom. The van der Waals surface area contributed by atoms with Crippen molar-refractivity contribution in [3.8, 4) is 0 Å². The molecular weight excluding hydrogens is 711 g/mol. The highest BCUT2D eigenvalue weighted by molar-refractivity contribution is 6.06. The molecule has 57 heavy (non-hydrogen) atoms. The molecule has 1 rings (SSSR count). The third-order valence-electron chi connectivity index (χ3n) is 11.4. The summed E-state index contributed by atoms with van der Waals surface area (Å²) in [6.45, 7) is 5.64. The van der Waals surface area contributed by atoms with Gasteiger partial charge in [0.25, 0.3) is 5.91 Å². The summed E-state index contributed by atoms with van der Waals surface area (Å²) >= 11 is 0. The second-order valence-electron chi connectivity index (χ2n) is 16.7. The second-order valence-corrected chi connectivity index (χ2v) is 16.7. The molecule has 8 nitrogen and oxygen atoms in total.